The number of fused-ring (bicyclic) bond motifs is 3. The summed E-state index contributed by atoms with van der Waals surface area (Å²) in [7, 11) is 0. The summed E-state index contributed by atoms with van der Waals surface area (Å²) in [6.07, 6.45) is 0. The zero-order chi connectivity index (χ0) is 22.3. The average molecular weight is 467 g/mol. The second-order valence-corrected chi connectivity index (χ2v) is 7.10. The number of non-ortho nitro benzene ring substituents is 1. The fourth-order valence-corrected chi connectivity index (χ4v) is 3.63. The van der Waals surface area contributed by atoms with Crippen LogP contribution in [0.1, 0.15) is 10.4 Å². The van der Waals surface area contributed by atoms with Crippen molar-refractivity contribution in [1.82, 2.24) is 0 Å². The zero-order valence-electron chi connectivity index (χ0n) is 15.2. The second-order valence-electron chi connectivity index (χ2n) is 6.28. The van der Waals surface area contributed by atoms with Crippen molar-refractivity contribution in [3.63, 3.8) is 0 Å². The van der Waals surface area contributed by atoms with Crippen LogP contribution >= 0.6 is 23.2 Å². The lowest BCUT2D eigenvalue weighted by molar-refractivity contribution is -0.384. The molecule has 0 aliphatic rings. The number of benzene rings is 3. The van der Waals surface area contributed by atoms with Crippen LogP contribution in [0.25, 0.3) is 21.9 Å². The molecule has 0 unspecified atom stereocenters. The predicted molar refractivity (Wildman–Crippen MR) is 111 cm³/mol. The van der Waals surface area contributed by atoms with Gasteiger partial charge in [-0.15, -0.1) is 0 Å². The lowest BCUT2D eigenvalue weighted by atomic mass is 10.0. The van der Waals surface area contributed by atoms with Gasteiger partial charge < -0.3 is 14.5 Å². The molecule has 0 saturated carbocycles. The van der Waals surface area contributed by atoms with E-state index >= 15 is 0 Å². The van der Waals surface area contributed by atoms with Crippen LogP contribution in [-0.4, -0.2) is 17.4 Å². The van der Waals surface area contributed by atoms with E-state index in [-0.39, 0.29) is 54.7 Å². The molecule has 158 valence electrons. The van der Waals surface area contributed by atoms with Crippen molar-refractivity contribution in [2.24, 2.45) is 0 Å². The first kappa shape index (κ1) is 20.8. The first-order valence-corrected chi connectivity index (χ1v) is 9.35. The number of para-hydroxylation sites is 1. The molecule has 31 heavy (non-hydrogen) atoms. The number of nitrogens with one attached hydrogen (secondary N) is 1. The highest BCUT2D eigenvalue weighted by Gasteiger charge is 2.23. The van der Waals surface area contributed by atoms with Gasteiger partial charge in [0.1, 0.15) is 5.58 Å². The maximum Gasteiger partial charge on any atom is 0.387 e. The fraction of sp³-hybridized carbons (Fsp3) is 0.0500. The van der Waals surface area contributed by atoms with Crippen molar-refractivity contribution in [3.05, 3.63) is 74.3 Å². The molecule has 0 fully saturated rings. The number of hydrogen-bond acceptors (Lipinski definition) is 5. The fourth-order valence-electron chi connectivity index (χ4n) is 3.13. The second kappa shape index (κ2) is 8.01. The average Bonchev–Trinajstić information content (AvgIpc) is 3.10. The van der Waals surface area contributed by atoms with Gasteiger partial charge in [-0.1, -0.05) is 29.3 Å². The van der Waals surface area contributed by atoms with Gasteiger partial charge >= 0.3 is 6.61 Å². The molecule has 0 bridgehead atoms. The number of nitro groups is 1. The van der Waals surface area contributed by atoms with Gasteiger partial charge in [0, 0.05) is 22.9 Å². The van der Waals surface area contributed by atoms with E-state index in [9.17, 15) is 23.7 Å². The van der Waals surface area contributed by atoms with Crippen LogP contribution in [0.15, 0.2) is 52.9 Å². The quantitative estimate of drug-likeness (QED) is 0.262. The number of carbonyl (C=O) groups is 1. The molecule has 4 rings (SSSR count). The normalized spacial score (nSPS) is 11.3. The van der Waals surface area contributed by atoms with E-state index in [4.69, 9.17) is 27.6 Å². The van der Waals surface area contributed by atoms with Gasteiger partial charge in [0.2, 0.25) is 0 Å². The molecule has 0 spiro atoms. The number of carbonyl (C=O) groups excluding carboxylic acids is 1. The zero-order valence-corrected chi connectivity index (χ0v) is 16.7. The number of anilines is 1. The molecule has 3 aromatic carbocycles. The standard InChI is InChI=1S/C20H10Cl2F2N2O5/c21-12-2-1-3-13(22)17(12)25-19(27)10-5-7-15(31-20(23)24)18-16(10)11-8-9(26(28)29)4-6-14(11)30-18/h1-8,20H,(H,25,27). The van der Waals surface area contributed by atoms with E-state index in [2.05, 4.69) is 10.1 Å². The van der Waals surface area contributed by atoms with E-state index in [1.165, 1.54) is 36.4 Å². The first-order chi connectivity index (χ1) is 14.8. The lowest BCUT2D eigenvalue weighted by Crippen LogP contribution is -2.13. The molecule has 4 aromatic rings. The smallest absolute Gasteiger partial charge is 0.387 e. The minimum absolute atomic E-state index is 0.00755. The molecule has 1 N–H and O–H groups in total. The van der Waals surface area contributed by atoms with E-state index < -0.39 is 17.4 Å². The molecule has 11 heteroatoms. The van der Waals surface area contributed by atoms with Gasteiger partial charge in [-0.2, -0.15) is 8.78 Å². The summed E-state index contributed by atoms with van der Waals surface area (Å²) >= 11 is 12.2. The number of nitrogens with zero attached hydrogens (tertiary/aromatic N) is 1. The largest absolute Gasteiger partial charge is 0.452 e. The Kier molecular flexibility index (Phi) is 5.38. The maximum atomic E-state index is 13.0. The van der Waals surface area contributed by atoms with Crippen LogP contribution in [0.5, 0.6) is 5.75 Å². The Morgan fingerprint density at radius 1 is 1.13 bits per heavy atom. The van der Waals surface area contributed by atoms with Crippen LogP contribution in [0.3, 0.4) is 0 Å². The molecule has 0 atom stereocenters. The number of nitro benzene ring substituents is 1. The summed E-state index contributed by atoms with van der Waals surface area (Å²) in [5.74, 6) is -1.01. The van der Waals surface area contributed by atoms with Gasteiger partial charge in [-0.25, -0.2) is 0 Å². The van der Waals surface area contributed by atoms with Crippen molar-refractivity contribution in [2.75, 3.05) is 5.32 Å². The summed E-state index contributed by atoms with van der Waals surface area (Å²) in [4.78, 5) is 23.6. The molecular formula is C20H10Cl2F2N2O5. The van der Waals surface area contributed by atoms with Crippen molar-refractivity contribution in [3.8, 4) is 5.75 Å². The van der Waals surface area contributed by atoms with Gasteiger partial charge in [0.15, 0.2) is 11.3 Å². The Hall–Kier alpha value is -3.43. The molecule has 1 aromatic heterocycles. The topological polar surface area (TPSA) is 94.6 Å². The number of alkyl halides is 2. The highest BCUT2D eigenvalue weighted by atomic mass is 35.5. The highest BCUT2D eigenvalue weighted by Crippen LogP contribution is 2.40. The van der Waals surface area contributed by atoms with Crippen molar-refractivity contribution >= 4 is 62.4 Å². The van der Waals surface area contributed by atoms with Crippen molar-refractivity contribution in [2.45, 2.75) is 6.61 Å². The van der Waals surface area contributed by atoms with E-state index in [1.54, 1.807) is 6.07 Å². The third-order valence-corrected chi connectivity index (χ3v) is 5.07. The van der Waals surface area contributed by atoms with Gasteiger partial charge in [0.05, 0.1) is 26.2 Å². The number of furan rings is 1. The lowest BCUT2D eigenvalue weighted by Gasteiger charge is -2.11. The number of ether oxygens (including phenoxy) is 1. The van der Waals surface area contributed by atoms with Crippen molar-refractivity contribution < 1.29 is 27.7 Å². The third kappa shape index (κ3) is 3.85. The number of rotatable bonds is 5. The molecule has 0 radical (unpaired) electrons. The van der Waals surface area contributed by atoms with Crippen LogP contribution in [0.2, 0.25) is 10.0 Å². The third-order valence-electron chi connectivity index (χ3n) is 4.44. The Balaban J connectivity index is 1.93. The minimum atomic E-state index is -3.15. The first-order valence-electron chi connectivity index (χ1n) is 8.60. The van der Waals surface area contributed by atoms with Gasteiger partial charge in [0.25, 0.3) is 11.6 Å². The SMILES string of the molecule is O=C(Nc1c(Cl)cccc1Cl)c1ccc(OC(F)F)c2oc3ccc([N+](=O)[O-])cc3c12. The number of amides is 1. The van der Waals surface area contributed by atoms with Gasteiger partial charge in [-0.05, 0) is 30.3 Å². The van der Waals surface area contributed by atoms with E-state index in [0.717, 1.165) is 6.07 Å². The predicted octanol–water partition coefficient (Wildman–Crippen LogP) is 6.65. The number of hydrogen-bond donors (Lipinski definition) is 1. The van der Waals surface area contributed by atoms with Crippen LogP contribution < -0.4 is 10.1 Å². The molecule has 0 aliphatic heterocycles. The summed E-state index contributed by atoms with van der Waals surface area (Å²) in [5.41, 5.74) is -0.136. The van der Waals surface area contributed by atoms with Crippen LogP contribution in [-0.2, 0) is 0 Å². The minimum Gasteiger partial charge on any atom is -0.452 e. The van der Waals surface area contributed by atoms with E-state index in [1.807, 2.05) is 0 Å². The van der Waals surface area contributed by atoms with E-state index in [0.29, 0.717) is 0 Å². The monoisotopic (exact) mass is 466 g/mol. The van der Waals surface area contributed by atoms with Crippen molar-refractivity contribution in [1.29, 1.82) is 0 Å². The Morgan fingerprint density at radius 3 is 2.48 bits per heavy atom. The summed E-state index contributed by atoms with van der Waals surface area (Å²) in [6.45, 7) is -3.15. The molecule has 7 nitrogen and oxygen atoms in total. The number of halogens is 4. The molecular weight excluding hydrogens is 457 g/mol. The maximum absolute atomic E-state index is 13.0. The highest BCUT2D eigenvalue weighted by molar-refractivity contribution is 6.40. The Labute approximate surface area is 182 Å². The Bertz CT molecular complexity index is 1340. The molecule has 1 amide bonds. The summed E-state index contributed by atoms with van der Waals surface area (Å²) in [6, 6.07) is 10.7. The summed E-state index contributed by atoms with van der Waals surface area (Å²) < 4.78 is 35.8. The molecule has 0 aliphatic carbocycles. The van der Waals surface area contributed by atoms with Gasteiger partial charge in [-0.3, -0.25) is 14.9 Å². The summed E-state index contributed by atoms with van der Waals surface area (Å²) in [5, 5.41) is 14.4. The Morgan fingerprint density at radius 2 is 1.84 bits per heavy atom. The van der Waals surface area contributed by atoms with Crippen LogP contribution in [0.4, 0.5) is 20.2 Å². The molecule has 1 heterocycles. The molecule has 0 saturated heterocycles. The van der Waals surface area contributed by atoms with Crippen LogP contribution in [0, 0.1) is 10.1 Å².